The monoisotopic (exact) mass is 484 g/mol. The summed E-state index contributed by atoms with van der Waals surface area (Å²) in [5.41, 5.74) is 4.66. The van der Waals surface area contributed by atoms with Crippen LogP contribution in [0.4, 0.5) is 0 Å². The van der Waals surface area contributed by atoms with E-state index in [1.807, 2.05) is 24.3 Å². The first kappa shape index (κ1) is 25.9. The number of nitrogens with one attached hydrogen (secondary N) is 1. The number of piperidine rings is 1. The van der Waals surface area contributed by atoms with E-state index in [0.29, 0.717) is 0 Å². The second-order valence-corrected chi connectivity index (χ2v) is 9.90. The fourth-order valence-corrected chi connectivity index (χ4v) is 5.00. The van der Waals surface area contributed by atoms with Gasteiger partial charge in [-0.1, -0.05) is 67.3 Å². The first-order chi connectivity index (χ1) is 17.6. The van der Waals surface area contributed by atoms with Crippen LogP contribution >= 0.6 is 0 Å². The van der Waals surface area contributed by atoms with Crippen molar-refractivity contribution >= 4 is 5.91 Å². The summed E-state index contributed by atoms with van der Waals surface area (Å²) in [4.78, 5) is 20.2. The molecule has 0 aromatic heterocycles. The molecular weight excluding hydrogens is 444 g/mol. The van der Waals surface area contributed by atoms with Crippen molar-refractivity contribution in [3.8, 4) is 0 Å². The molecule has 2 heterocycles. The molecule has 36 heavy (non-hydrogen) atoms. The van der Waals surface area contributed by atoms with Gasteiger partial charge < -0.3 is 10.2 Å². The lowest BCUT2D eigenvalue weighted by atomic mass is 10.0. The Kier molecular flexibility index (Phi) is 9.54. The number of rotatable bonds is 9. The standard InChI is InChI=1S/C31H40N4O/c1-3-4-6-9-26(2)35-22-20-34(21-23-35)25-28-12-14-29(15-13-28)31(36)32-30-16-18-33(19-17-30)24-27-10-7-5-8-11-27/h3-15,30H,1,16-25H2,2H3,(H,32,36)/b6-4-,26-9+. The fraction of sp³-hybridized carbons (Fsp3) is 0.387. The highest BCUT2D eigenvalue weighted by molar-refractivity contribution is 5.94. The summed E-state index contributed by atoms with van der Waals surface area (Å²) in [5.74, 6) is 0.0458. The highest BCUT2D eigenvalue weighted by Gasteiger charge is 2.21. The van der Waals surface area contributed by atoms with Crippen LogP contribution in [-0.4, -0.2) is 65.9 Å². The maximum atomic E-state index is 12.8. The summed E-state index contributed by atoms with van der Waals surface area (Å²) >= 11 is 0. The number of piperazine rings is 1. The molecule has 0 bridgehead atoms. The van der Waals surface area contributed by atoms with Gasteiger partial charge in [0.2, 0.25) is 0 Å². The van der Waals surface area contributed by atoms with Gasteiger partial charge in [-0.2, -0.15) is 0 Å². The largest absolute Gasteiger partial charge is 0.372 e. The lowest BCUT2D eigenvalue weighted by Crippen LogP contribution is -2.45. The smallest absolute Gasteiger partial charge is 0.251 e. The summed E-state index contributed by atoms with van der Waals surface area (Å²) in [5, 5.41) is 3.26. The van der Waals surface area contributed by atoms with Gasteiger partial charge in [0.15, 0.2) is 0 Å². The highest BCUT2D eigenvalue weighted by atomic mass is 16.1. The molecule has 2 aromatic rings. The van der Waals surface area contributed by atoms with E-state index >= 15 is 0 Å². The van der Waals surface area contributed by atoms with Gasteiger partial charge in [-0.3, -0.25) is 14.6 Å². The zero-order chi connectivity index (χ0) is 25.2. The molecule has 5 heteroatoms. The lowest BCUT2D eigenvalue weighted by molar-refractivity contribution is 0.0909. The summed E-state index contributed by atoms with van der Waals surface area (Å²) in [6.45, 7) is 14.0. The first-order valence-electron chi connectivity index (χ1n) is 13.2. The highest BCUT2D eigenvalue weighted by Crippen LogP contribution is 2.16. The Hall–Kier alpha value is -3.15. The van der Waals surface area contributed by atoms with Crippen molar-refractivity contribution in [3.63, 3.8) is 0 Å². The molecule has 1 N–H and O–H groups in total. The SMILES string of the molecule is C=C/C=C\C=C(/C)N1CCN(Cc2ccc(C(=O)NC3CCN(Cc4ccccc4)CC3)cc2)CC1. The van der Waals surface area contributed by atoms with Crippen LogP contribution in [-0.2, 0) is 13.1 Å². The van der Waals surface area contributed by atoms with E-state index < -0.39 is 0 Å². The molecule has 0 unspecified atom stereocenters. The average Bonchev–Trinajstić information content (AvgIpc) is 2.91. The van der Waals surface area contributed by atoms with Crippen molar-refractivity contribution in [2.45, 2.75) is 38.9 Å². The van der Waals surface area contributed by atoms with Gasteiger partial charge in [0.05, 0.1) is 0 Å². The van der Waals surface area contributed by atoms with Crippen molar-refractivity contribution in [1.82, 2.24) is 20.0 Å². The molecule has 2 aromatic carbocycles. The Balaban J connectivity index is 1.18. The van der Waals surface area contributed by atoms with Crippen molar-refractivity contribution in [1.29, 1.82) is 0 Å². The molecule has 2 fully saturated rings. The van der Waals surface area contributed by atoms with Gasteiger partial charge in [0.1, 0.15) is 0 Å². The Labute approximate surface area is 216 Å². The van der Waals surface area contributed by atoms with E-state index in [4.69, 9.17) is 0 Å². The lowest BCUT2D eigenvalue weighted by Gasteiger charge is -2.36. The van der Waals surface area contributed by atoms with Crippen molar-refractivity contribution in [3.05, 3.63) is 108 Å². The number of allylic oxidation sites excluding steroid dienone is 5. The maximum Gasteiger partial charge on any atom is 0.251 e. The Morgan fingerprint density at radius 3 is 2.11 bits per heavy atom. The molecule has 2 aliphatic rings. The van der Waals surface area contributed by atoms with Crippen molar-refractivity contribution in [2.24, 2.45) is 0 Å². The van der Waals surface area contributed by atoms with Crippen LogP contribution in [0.25, 0.3) is 0 Å². The van der Waals surface area contributed by atoms with Crippen molar-refractivity contribution in [2.75, 3.05) is 39.3 Å². The van der Waals surface area contributed by atoms with Crippen LogP contribution in [0.2, 0.25) is 0 Å². The molecule has 0 spiro atoms. The molecule has 0 atom stereocenters. The summed E-state index contributed by atoms with van der Waals surface area (Å²) in [7, 11) is 0. The third kappa shape index (κ3) is 7.67. The van der Waals surface area contributed by atoms with E-state index in [9.17, 15) is 4.79 Å². The maximum absolute atomic E-state index is 12.8. The Bertz CT molecular complexity index is 1030. The van der Waals surface area contributed by atoms with E-state index in [2.05, 4.69) is 82.1 Å². The third-order valence-corrected chi connectivity index (χ3v) is 7.25. The predicted octanol–water partition coefficient (Wildman–Crippen LogP) is 4.84. The minimum atomic E-state index is 0.0458. The molecule has 0 aliphatic carbocycles. The van der Waals surface area contributed by atoms with E-state index in [-0.39, 0.29) is 11.9 Å². The number of carbonyl (C=O) groups is 1. The van der Waals surface area contributed by atoms with Gasteiger partial charge in [-0.15, -0.1) is 0 Å². The number of benzene rings is 2. The number of likely N-dealkylation sites (tertiary alicyclic amines) is 1. The number of nitrogens with zero attached hydrogens (tertiary/aromatic N) is 3. The van der Waals surface area contributed by atoms with Gasteiger partial charge in [0.25, 0.3) is 5.91 Å². The molecule has 190 valence electrons. The minimum absolute atomic E-state index is 0.0458. The van der Waals surface area contributed by atoms with Crippen LogP contribution in [0.3, 0.4) is 0 Å². The Morgan fingerprint density at radius 1 is 0.861 bits per heavy atom. The summed E-state index contributed by atoms with van der Waals surface area (Å²) in [6, 6.07) is 19.0. The molecule has 0 radical (unpaired) electrons. The molecule has 4 rings (SSSR count). The molecule has 1 amide bonds. The predicted molar refractivity (Wildman–Crippen MR) is 149 cm³/mol. The minimum Gasteiger partial charge on any atom is -0.372 e. The number of hydrogen-bond donors (Lipinski definition) is 1. The molecule has 0 saturated carbocycles. The number of hydrogen-bond acceptors (Lipinski definition) is 4. The zero-order valence-corrected chi connectivity index (χ0v) is 21.6. The van der Waals surface area contributed by atoms with Gasteiger partial charge >= 0.3 is 0 Å². The van der Waals surface area contributed by atoms with E-state index in [0.717, 1.165) is 70.8 Å². The number of carbonyl (C=O) groups excluding carboxylic acids is 1. The Morgan fingerprint density at radius 2 is 1.47 bits per heavy atom. The normalized spacial score (nSPS) is 18.5. The van der Waals surface area contributed by atoms with Crippen LogP contribution in [0.15, 0.2) is 91.2 Å². The first-order valence-corrected chi connectivity index (χ1v) is 13.2. The molecule has 2 aliphatic heterocycles. The third-order valence-electron chi connectivity index (χ3n) is 7.25. The van der Waals surface area contributed by atoms with Crippen LogP contribution in [0.5, 0.6) is 0 Å². The topological polar surface area (TPSA) is 38.8 Å². The van der Waals surface area contributed by atoms with E-state index in [1.54, 1.807) is 6.08 Å². The van der Waals surface area contributed by atoms with Crippen LogP contribution in [0.1, 0.15) is 41.3 Å². The number of amides is 1. The van der Waals surface area contributed by atoms with Crippen LogP contribution < -0.4 is 5.32 Å². The fourth-order valence-electron chi connectivity index (χ4n) is 5.00. The van der Waals surface area contributed by atoms with Gasteiger partial charge in [0, 0.05) is 69.7 Å². The second-order valence-electron chi connectivity index (χ2n) is 9.90. The van der Waals surface area contributed by atoms with Gasteiger partial charge in [-0.25, -0.2) is 0 Å². The molecular formula is C31H40N4O. The second kappa shape index (κ2) is 13.2. The van der Waals surface area contributed by atoms with E-state index in [1.165, 1.54) is 16.8 Å². The zero-order valence-electron chi connectivity index (χ0n) is 21.6. The quantitative estimate of drug-likeness (QED) is 0.517. The molecule has 2 saturated heterocycles. The summed E-state index contributed by atoms with van der Waals surface area (Å²) in [6.07, 6.45) is 9.95. The summed E-state index contributed by atoms with van der Waals surface area (Å²) < 4.78 is 0. The van der Waals surface area contributed by atoms with Gasteiger partial charge in [-0.05, 0) is 49.1 Å². The van der Waals surface area contributed by atoms with Crippen LogP contribution in [0, 0.1) is 0 Å². The molecule has 5 nitrogen and oxygen atoms in total. The average molecular weight is 485 g/mol. The van der Waals surface area contributed by atoms with Crippen molar-refractivity contribution < 1.29 is 4.79 Å².